The molecule has 0 aliphatic heterocycles. The summed E-state index contributed by atoms with van der Waals surface area (Å²) in [6.07, 6.45) is 4.29. The summed E-state index contributed by atoms with van der Waals surface area (Å²) in [5.41, 5.74) is 4.55. The molecule has 9 heteroatoms. The van der Waals surface area contributed by atoms with Crippen molar-refractivity contribution >= 4 is 31.9 Å². The van der Waals surface area contributed by atoms with Gasteiger partial charge >= 0.3 is 0 Å². The minimum Gasteiger partial charge on any atom is -0.385 e. The van der Waals surface area contributed by atoms with Crippen molar-refractivity contribution in [3.05, 3.63) is 87.1 Å². The molecule has 7 nitrogen and oxygen atoms in total. The number of ether oxygens (including phenoxy) is 1. The third kappa shape index (κ3) is 8.52. The van der Waals surface area contributed by atoms with Crippen molar-refractivity contribution in [1.29, 1.82) is 0 Å². The first-order valence-corrected chi connectivity index (χ1v) is 16.0. The Morgan fingerprint density at radius 3 is 2.30 bits per heavy atom. The van der Waals surface area contributed by atoms with Crippen LogP contribution >= 0.6 is 15.9 Å². The molecule has 0 saturated heterocycles. The van der Waals surface area contributed by atoms with Crippen molar-refractivity contribution in [2.75, 3.05) is 33.4 Å². The zero-order valence-electron chi connectivity index (χ0n) is 24.3. The number of halogens is 1. The summed E-state index contributed by atoms with van der Waals surface area (Å²) in [5, 5.41) is 0. The number of hydrogen-bond donors (Lipinski definition) is 0. The average Bonchev–Trinajstić information content (AvgIpc) is 3.32. The van der Waals surface area contributed by atoms with E-state index in [4.69, 9.17) is 4.74 Å². The van der Waals surface area contributed by atoms with E-state index in [9.17, 15) is 13.2 Å². The zero-order chi connectivity index (χ0) is 29.3. The first kappa shape index (κ1) is 32.1. The molecule has 0 radical (unpaired) electrons. The molecule has 1 amide bonds. The lowest BCUT2D eigenvalue weighted by Gasteiger charge is -2.28. The van der Waals surface area contributed by atoms with Gasteiger partial charge in [-0.3, -0.25) is 4.79 Å². The van der Waals surface area contributed by atoms with Gasteiger partial charge in [0.15, 0.2) is 0 Å². The summed E-state index contributed by atoms with van der Waals surface area (Å²) in [6.45, 7) is 9.74. The molecule has 0 spiro atoms. The van der Waals surface area contributed by atoms with E-state index in [-0.39, 0.29) is 23.9 Å². The summed E-state index contributed by atoms with van der Waals surface area (Å²) < 4.78 is 37.6. The SMILES string of the molecule is CCCCN(Cc1cccn1Cc1ccc(Br)cc1)C(=O)CN(CCCOC)S(=O)(=O)c1c(C)cc(C)cc1C. The van der Waals surface area contributed by atoms with Gasteiger partial charge in [0.25, 0.3) is 0 Å². The van der Waals surface area contributed by atoms with E-state index in [0.717, 1.165) is 34.1 Å². The number of nitrogens with zero attached hydrogens (tertiary/aromatic N) is 3. The molecule has 0 N–H and O–H groups in total. The molecule has 0 atom stereocenters. The zero-order valence-corrected chi connectivity index (χ0v) is 26.7. The van der Waals surface area contributed by atoms with Gasteiger partial charge in [0.05, 0.1) is 18.0 Å². The number of carbonyl (C=O) groups is 1. The van der Waals surface area contributed by atoms with Gasteiger partial charge in [-0.15, -0.1) is 0 Å². The number of unbranched alkanes of at least 4 members (excludes halogenated alkanes) is 1. The lowest BCUT2D eigenvalue weighted by molar-refractivity contribution is -0.132. The van der Waals surface area contributed by atoms with Crippen molar-refractivity contribution in [3.63, 3.8) is 0 Å². The maximum atomic E-state index is 14.0. The van der Waals surface area contributed by atoms with Crippen LogP contribution in [-0.4, -0.2) is 61.4 Å². The van der Waals surface area contributed by atoms with E-state index >= 15 is 0 Å². The molecule has 0 unspecified atom stereocenters. The number of sulfonamides is 1. The fraction of sp³-hybridized carbons (Fsp3) is 0.452. The Kier molecular flexibility index (Phi) is 12.0. The van der Waals surface area contributed by atoms with Crippen LogP contribution in [0.15, 0.2) is 64.1 Å². The normalized spacial score (nSPS) is 11.8. The van der Waals surface area contributed by atoms with Crippen LogP contribution in [0.4, 0.5) is 0 Å². The molecule has 0 bridgehead atoms. The van der Waals surface area contributed by atoms with Crippen LogP contribution < -0.4 is 0 Å². The molecule has 0 aliphatic rings. The Balaban J connectivity index is 1.86. The smallest absolute Gasteiger partial charge is 0.244 e. The van der Waals surface area contributed by atoms with Crippen LogP contribution in [0.2, 0.25) is 0 Å². The van der Waals surface area contributed by atoms with Gasteiger partial charge in [0.1, 0.15) is 0 Å². The average molecular weight is 633 g/mol. The van der Waals surface area contributed by atoms with Gasteiger partial charge in [-0.05, 0) is 74.6 Å². The summed E-state index contributed by atoms with van der Waals surface area (Å²) in [4.78, 5) is 15.9. The Labute approximate surface area is 248 Å². The number of benzene rings is 2. The quantitative estimate of drug-likeness (QED) is 0.191. The maximum absolute atomic E-state index is 14.0. The summed E-state index contributed by atoms with van der Waals surface area (Å²) in [6, 6.07) is 16.0. The van der Waals surface area contributed by atoms with E-state index in [2.05, 4.69) is 39.6 Å². The number of methoxy groups -OCH3 is 1. The molecule has 40 heavy (non-hydrogen) atoms. The highest BCUT2D eigenvalue weighted by molar-refractivity contribution is 9.10. The highest BCUT2D eigenvalue weighted by atomic mass is 79.9. The Hall–Kier alpha value is -2.46. The van der Waals surface area contributed by atoms with Gasteiger partial charge in [-0.2, -0.15) is 4.31 Å². The van der Waals surface area contributed by atoms with Gasteiger partial charge in [-0.1, -0.05) is 59.1 Å². The second-order valence-corrected chi connectivity index (χ2v) is 13.1. The minimum atomic E-state index is -3.90. The minimum absolute atomic E-state index is 0.201. The number of aryl methyl sites for hydroxylation is 3. The lowest BCUT2D eigenvalue weighted by atomic mass is 10.1. The molecule has 3 rings (SSSR count). The fourth-order valence-corrected chi connectivity index (χ4v) is 7.10. The second kappa shape index (κ2) is 15.0. The highest BCUT2D eigenvalue weighted by Crippen LogP contribution is 2.26. The number of amides is 1. The van der Waals surface area contributed by atoms with Gasteiger partial charge < -0.3 is 14.2 Å². The molecule has 0 saturated carbocycles. The molecule has 3 aromatic rings. The van der Waals surface area contributed by atoms with Crippen molar-refractivity contribution in [1.82, 2.24) is 13.8 Å². The fourth-order valence-electron chi connectivity index (χ4n) is 4.99. The molecular formula is C31H42BrN3O4S. The van der Waals surface area contributed by atoms with E-state index in [1.165, 1.54) is 4.31 Å². The molecule has 1 heterocycles. The predicted molar refractivity (Wildman–Crippen MR) is 164 cm³/mol. The monoisotopic (exact) mass is 631 g/mol. The van der Waals surface area contributed by atoms with Crippen molar-refractivity contribution in [2.24, 2.45) is 0 Å². The second-order valence-electron chi connectivity index (χ2n) is 10.3. The van der Waals surface area contributed by atoms with Crippen LogP contribution in [0, 0.1) is 20.8 Å². The first-order chi connectivity index (χ1) is 19.1. The number of aromatic nitrogens is 1. The third-order valence-corrected chi connectivity index (χ3v) is 9.63. The van der Waals surface area contributed by atoms with Crippen LogP contribution in [0.5, 0.6) is 0 Å². The predicted octanol–water partition coefficient (Wildman–Crippen LogP) is 6.08. The largest absolute Gasteiger partial charge is 0.385 e. The Morgan fingerprint density at radius 1 is 1.00 bits per heavy atom. The van der Waals surface area contributed by atoms with E-state index in [1.807, 2.05) is 63.4 Å². The maximum Gasteiger partial charge on any atom is 0.244 e. The topological polar surface area (TPSA) is 71.9 Å². The lowest BCUT2D eigenvalue weighted by Crippen LogP contribution is -2.44. The standard InChI is InChI=1S/C31H42BrN3O4S/c1-6-7-15-34(22-29-10-8-16-33(29)21-27-11-13-28(32)14-12-27)30(36)23-35(17-9-18-39-5)40(37,38)31-25(3)19-24(2)20-26(31)4/h8,10-14,16,19-20H,6-7,9,15,17-18,21-23H2,1-5H3. The van der Waals surface area contributed by atoms with E-state index in [1.54, 1.807) is 12.0 Å². The number of hydrogen-bond acceptors (Lipinski definition) is 4. The summed E-state index contributed by atoms with van der Waals surface area (Å²) in [7, 11) is -2.31. The molecule has 2 aromatic carbocycles. The van der Waals surface area contributed by atoms with Gasteiger partial charge in [0, 0.05) is 49.7 Å². The molecule has 218 valence electrons. The summed E-state index contributed by atoms with van der Waals surface area (Å²) in [5.74, 6) is -0.201. The molecular weight excluding hydrogens is 590 g/mol. The van der Waals surface area contributed by atoms with Crippen LogP contribution in [-0.2, 0) is 32.6 Å². The number of rotatable bonds is 15. The van der Waals surface area contributed by atoms with E-state index in [0.29, 0.717) is 43.8 Å². The van der Waals surface area contributed by atoms with Crippen LogP contribution in [0.3, 0.4) is 0 Å². The van der Waals surface area contributed by atoms with Crippen molar-refractivity contribution < 1.29 is 17.9 Å². The van der Waals surface area contributed by atoms with Crippen molar-refractivity contribution in [2.45, 2.75) is 64.9 Å². The molecule has 0 fully saturated rings. The third-order valence-electron chi connectivity index (χ3n) is 6.95. The summed E-state index contributed by atoms with van der Waals surface area (Å²) >= 11 is 3.48. The molecule has 1 aromatic heterocycles. The van der Waals surface area contributed by atoms with Crippen molar-refractivity contribution in [3.8, 4) is 0 Å². The Bertz CT molecular complexity index is 1350. The van der Waals surface area contributed by atoms with Gasteiger partial charge in [-0.25, -0.2) is 8.42 Å². The first-order valence-electron chi connectivity index (χ1n) is 13.8. The Morgan fingerprint density at radius 2 is 1.68 bits per heavy atom. The number of carbonyl (C=O) groups excluding carboxylic acids is 1. The van der Waals surface area contributed by atoms with Crippen LogP contribution in [0.1, 0.15) is 54.1 Å². The highest BCUT2D eigenvalue weighted by Gasteiger charge is 2.31. The van der Waals surface area contributed by atoms with E-state index < -0.39 is 10.0 Å². The van der Waals surface area contributed by atoms with Crippen LogP contribution in [0.25, 0.3) is 0 Å². The van der Waals surface area contributed by atoms with Gasteiger partial charge in [0.2, 0.25) is 15.9 Å². The molecule has 0 aliphatic carbocycles.